The number of rotatable bonds is 2. The normalized spacial score (nSPS) is 16.8. The van der Waals surface area contributed by atoms with Gasteiger partial charge in [-0.3, -0.25) is 0 Å². The van der Waals surface area contributed by atoms with Gasteiger partial charge in [0.15, 0.2) is 0 Å². The molecule has 0 amide bonds. The molecule has 0 saturated carbocycles. The van der Waals surface area contributed by atoms with E-state index in [1.807, 2.05) is 6.07 Å². The molecule has 1 saturated heterocycles. The van der Waals surface area contributed by atoms with E-state index < -0.39 is 0 Å². The molecule has 1 aliphatic heterocycles. The predicted octanol–water partition coefficient (Wildman–Crippen LogP) is 0.694. The molecule has 82 valence electrons. The van der Waals surface area contributed by atoms with Crippen LogP contribution in [0.2, 0.25) is 0 Å². The first-order valence-corrected chi connectivity index (χ1v) is 5.25. The quantitative estimate of drug-likeness (QED) is 0.753. The van der Waals surface area contributed by atoms with Crippen LogP contribution in [0.3, 0.4) is 0 Å². The molecule has 1 heterocycles. The van der Waals surface area contributed by atoms with E-state index in [9.17, 15) is 4.39 Å². The zero-order valence-electron chi connectivity index (χ0n) is 8.67. The van der Waals surface area contributed by atoms with Crippen molar-refractivity contribution in [1.82, 2.24) is 5.32 Å². The van der Waals surface area contributed by atoms with Crippen molar-refractivity contribution >= 4 is 5.69 Å². The highest BCUT2D eigenvalue weighted by atomic mass is 19.1. The smallest absolute Gasteiger partial charge is 0.146 e. The number of hydrogen-bond acceptors (Lipinski definition) is 3. The van der Waals surface area contributed by atoms with Crippen LogP contribution in [0.4, 0.5) is 10.1 Å². The minimum absolute atomic E-state index is 0.158. The van der Waals surface area contributed by atoms with Crippen molar-refractivity contribution in [2.24, 2.45) is 5.73 Å². The summed E-state index contributed by atoms with van der Waals surface area (Å²) in [5.74, 6) is -0.158. The number of hydrogen-bond donors (Lipinski definition) is 2. The van der Waals surface area contributed by atoms with Crippen molar-refractivity contribution < 1.29 is 4.39 Å². The molecule has 0 atom stereocenters. The molecule has 1 aromatic rings. The topological polar surface area (TPSA) is 41.3 Å². The Kier molecular flexibility index (Phi) is 3.18. The van der Waals surface area contributed by atoms with E-state index in [-0.39, 0.29) is 5.82 Å². The molecule has 15 heavy (non-hydrogen) atoms. The third-order valence-electron chi connectivity index (χ3n) is 2.70. The van der Waals surface area contributed by atoms with Gasteiger partial charge in [0.1, 0.15) is 5.82 Å². The van der Waals surface area contributed by atoms with E-state index in [1.165, 1.54) is 6.07 Å². The number of benzene rings is 1. The monoisotopic (exact) mass is 209 g/mol. The van der Waals surface area contributed by atoms with Crippen LogP contribution in [-0.4, -0.2) is 26.2 Å². The molecule has 2 rings (SSSR count). The zero-order chi connectivity index (χ0) is 10.7. The van der Waals surface area contributed by atoms with E-state index in [4.69, 9.17) is 5.73 Å². The zero-order valence-corrected chi connectivity index (χ0v) is 8.67. The summed E-state index contributed by atoms with van der Waals surface area (Å²) in [5, 5.41) is 3.24. The van der Waals surface area contributed by atoms with Gasteiger partial charge in [0, 0.05) is 32.7 Å². The van der Waals surface area contributed by atoms with E-state index in [1.54, 1.807) is 6.07 Å². The molecule has 3 N–H and O–H groups in total. The highest BCUT2D eigenvalue weighted by Crippen LogP contribution is 2.21. The highest BCUT2D eigenvalue weighted by molar-refractivity contribution is 5.50. The molecule has 0 bridgehead atoms. The van der Waals surface area contributed by atoms with Crippen LogP contribution in [0.1, 0.15) is 5.56 Å². The average Bonchev–Trinajstić information content (AvgIpc) is 2.31. The number of nitrogens with zero attached hydrogens (tertiary/aromatic N) is 1. The summed E-state index contributed by atoms with van der Waals surface area (Å²) < 4.78 is 13.6. The fourth-order valence-corrected chi connectivity index (χ4v) is 1.83. The largest absolute Gasteiger partial charge is 0.367 e. The lowest BCUT2D eigenvalue weighted by Crippen LogP contribution is -2.43. The Balaban J connectivity index is 2.24. The number of nitrogens with one attached hydrogen (secondary N) is 1. The fourth-order valence-electron chi connectivity index (χ4n) is 1.83. The van der Waals surface area contributed by atoms with Gasteiger partial charge >= 0.3 is 0 Å². The predicted molar refractivity (Wildman–Crippen MR) is 59.4 cm³/mol. The third kappa shape index (κ3) is 2.27. The van der Waals surface area contributed by atoms with Crippen LogP contribution in [-0.2, 0) is 6.54 Å². The van der Waals surface area contributed by atoms with E-state index >= 15 is 0 Å². The maximum Gasteiger partial charge on any atom is 0.146 e. The molecular formula is C11H16FN3. The SMILES string of the molecule is NCc1ccc(F)c(N2CCNCC2)c1. The molecule has 1 aliphatic rings. The summed E-state index contributed by atoms with van der Waals surface area (Å²) in [6, 6.07) is 5.08. The summed E-state index contributed by atoms with van der Waals surface area (Å²) in [6.45, 7) is 3.98. The van der Waals surface area contributed by atoms with Crippen molar-refractivity contribution in [3.63, 3.8) is 0 Å². The minimum Gasteiger partial charge on any atom is -0.367 e. The average molecular weight is 209 g/mol. The summed E-state index contributed by atoms with van der Waals surface area (Å²) >= 11 is 0. The lowest BCUT2D eigenvalue weighted by molar-refractivity contribution is 0.566. The number of anilines is 1. The fraction of sp³-hybridized carbons (Fsp3) is 0.455. The molecule has 0 aromatic heterocycles. The van der Waals surface area contributed by atoms with Gasteiger partial charge in [-0.05, 0) is 17.7 Å². The van der Waals surface area contributed by atoms with Crippen LogP contribution < -0.4 is 16.0 Å². The molecule has 0 unspecified atom stereocenters. The molecule has 0 aliphatic carbocycles. The van der Waals surface area contributed by atoms with E-state index in [0.717, 1.165) is 31.7 Å². The Hall–Kier alpha value is -1.13. The first-order chi connectivity index (χ1) is 7.31. The van der Waals surface area contributed by atoms with Gasteiger partial charge in [-0.25, -0.2) is 4.39 Å². The molecule has 1 aromatic carbocycles. The molecule has 0 spiro atoms. The maximum absolute atomic E-state index is 13.6. The van der Waals surface area contributed by atoms with Crippen LogP contribution in [0.15, 0.2) is 18.2 Å². The molecule has 1 fully saturated rings. The van der Waals surface area contributed by atoms with Gasteiger partial charge in [0.05, 0.1) is 5.69 Å². The second-order valence-corrected chi connectivity index (χ2v) is 3.73. The minimum atomic E-state index is -0.158. The number of nitrogens with two attached hydrogens (primary N) is 1. The molecular weight excluding hydrogens is 193 g/mol. The van der Waals surface area contributed by atoms with Crippen LogP contribution in [0, 0.1) is 5.82 Å². The highest BCUT2D eigenvalue weighted by Gasteiger charge is 2.14. The van der Waals surface area contributed by atoms with Gasteiger partial charge in [-0.15, -0.1) is 0 Å². The number of piperazine rings is 1. The Morgan fingerprint density at radius 3 is 2.73 bits per heavy atom. The summed E-state index contributed by atoms with van der Waals surface area (Å²) in [4.78, 5) is 2.06. The Bertz CT molecular complexity index is 335. The lowest BCUT2D eigenvalue weighted by Gasteiger charge is -2.30. The second-order valence-electron chi connectivity index (χ2n) is 3.73. The Labute approximate surface area is 89.1 Å². The van der Waals surface area contributed by atoms with Gasteiger partial charge in [0.25, 0.3) is 0 Å². The summed E-state index contributed by atoms with van der Waals surface area (Å²) in [7, 11) is 0. The lowest BCUT2D eigenvalue weighted by atomic mass is 10.1. The summed E-state index contributed by atoms with van der Waals surface area (Å²) in [5.41, 5.74) is 7.20. The molecule has 4 heteroatoms. The van der Waals surface area contributed by atoms with Crippen LogP contribution in [0.25, 0.3) is 0 Å². The Morgan fingerprint density at radius 1 is 1.33 bits per heavy atom. The second kappa shape index (κ2) is 4.59. The van der Waals surface area contributed by atoms with Crippen LogP contribution in [0.5, 0.6) is 0 Å². The first kappa shape index (κ1) is 10.4. The van der Waals surface area contributed by atoms with E-state index in [0.29, 0.717) is 12.2 Å². The number of halogens is 1. The Morgan fingerprint density at radius 2 is 2.07 bits per heavy atom. The van der Waals surface area contributed by atoms with Gasteiger partial charge in [-0.1, -0.05) is 6.07 Å². The van der Waals surface area contributed by atoms with Gasteiger partial charge < -0.3 is 16.0 Å². The maximum atomic E-state index is 13.6. The van der Waals surface area contributed by atoms with Crippen LogP contribution >= 0.6 is 0 Å². The summed E-state index contributed by atoms with van der Waals surface area (Å²) in [6.07, 6.45) is 0. The molecule has 3 nitrogen and oxygen atoms in total. The standard InChI is InChI=1S/C11H16FN3/c12-10-2-1-9(8-13)7-11(10)15-5-3-14-4-6-15/h1-2,7,14H,3-6,8,13H2. The van der Waals surface area contributed by atoms with Crippen molar-refractivity contribution in [3.05, 3.63) is 29.6 Å². The third-order valence-corrected chi connectivity index (χ3v) is 2.70. The van der Waals surface area contributed by atoms with Gasteiger partial charge in [0.2, 0.25) is 0 Å². The van der Waals surface area contributed by atoms with Gasteiger partial charge in [-0.2, -0.15) is 0 Å². The van der Waals surface area contributed by atoms with Crippen molar-refractivity contribution in [3.8, 4) is 0 Å². The van der Waals surface area contributed by atoms with Crippen molar-refractivity contribution in [2.75, 3.05) is 31.1 Å². The first-order valence-electron chi connectivity index (χ1n) is 5.25. The molecule has 0 radical (unpaired) electrons. The van der Waals surface area contributed by atoms with E-state index in [2.05, 4.69) is 10.2 Å². The van der Waals surface area contributed by atoms with Crippen molar-refractivity contribution in [2.45, 2.75) is 6.54 Å². The van der Waals surface area contributed by atoms with Crippen molar-refractivity contribution in [1.29, 1.82) is 0 Å².